The van der Waals surface area contributed by atoms with Gasteiger partial charge in [0.2, 0.25) is 5.91 Å². The van der Waals surface area contributed by atoms with Gasteiger partial charge < -0.3 is 9.64 Å². The number of ether oxygens (including phenoxy) is 1. The molecular formula is C12H14BrNO3S. The Morgan fingerprint density at radius 1 is 1.67 bits per heavy atom. The summed E-state index contributed by atoms with van der Waals surface area (Å²) in [7, 11) is 0. The highest BCUT2D eigenvalue weighted by molar-refractivity contribution is 9.09. The Kier molecular flexibility index (Phi) is 4.07. The number of aryl methyl sites for hydroxylation is 1. The van der Waals surface area contributed by atoms with Gasteiger partial charge in [0, 0.05) is 17.8 Å². The van der Waals surface area contributed by atoms with Gasteiger partial charge in [-0.1, -0.05) is 15.9 Å². The van der Waals surface area contributed by atoms with Crippen molar-refractivity contribution in [2.75, 3.05) is 18.1 Å². The fourth-order valence-electron chi connectivity index (χ4n) is 1.94. The molecule has 0 spiro atoms. The van der Waals surface area contributed by atoms with E-state index in [9.17, 15) is 9.59 Å². The van der Waals surface area contributed by atoms with Crippen LogP contribution in [-0.2, 0) is 9.53 Å². The SMILES string of the molecule is CCOC(=O)c1c(C)csc1N1CC(Br)CC1=O. The lowest BCUT2D eigenvalue weighted by Crippen LogP contribution is -2.25. The van der Waals surface area contributed by atoms with Crippen molar-refractivity contribution in [3.05, 3.63) is 16.5 Å². The second-order valence-corrected chi connectivity index (χ2v) is 6.28. The summed E-state index contributed by atoms with van der Waals surface area (Å²) in [4.78, 5) is 25.6. The molecule has 0 bridgehead atoms. The van der Waals surface area contributed by atoms with Crippen LogP contribution in [0.15, 0.2) is 5.38 Å². The van der Waals surface area contributed by atoms with Crippen LogP contribution in [0.5, 0.6) is 0 Å². The molecule has 0 N–H and O–H groups in total. The molecule has 1 fully saturated rings. The molecule has 1 aromatic rings. The van der Waals surface area contributed by atoms with Crippen LogP contribution in [0.2, 0.25) is 0 Å². The first-order valence-electron chi connectivity index (χ1n) is 5.74. The monoisotopic (exact) mass is 331 g/mol. The summed E-state index contributed by atoms with van der Waals surface area (Å²) in [6.07, 6.45) is 0.471. The number of thiophene rings is 1. The van der Waals surface area contributed by atoms with Crippen molar-refractivity contribution in [1.82, 2.24) is 0 Å². The Morgan fingerprint density at radius 2 is 2.39 bits per heavy atom. The number of carbonyl (C=O) groups is 2. The Bertz CT molecular complexity index is 486. The summed E-state index contributed by atoms with van der Waals surface area (Å²) in [5, 5.41) is 2.59. The number of nitrogens with zero attached hydrogens (tertiary/aromatic N) is 1. The zero-order valence-electron chi connectivity index (χ0n) is 10.2. The van der Waals surface area contributed by atoms with Crippen LogP contribution in [-0.4, -0.2) is 29.9 Å². The van der Waals surface area contributed by atoms with Crippen LogP contribution in [0.4, 0.5) is 5.00 Å². The third-order valence-electron chi connectivity index (χ3n) is 2.76. The molecule has 1 aromatic heterocycles. The Labute approximate surface area is 118 Å². The molecule has 2 rings (SSSR count). The minimum atomic E-state index is -0.350. The first-order valence-corrected chi connectivity index (χ1v) is 7.53. The van der Waals surface area contributed by atoms with Crippen molar-refractivity contribution in [2.24, 2.45) is 0 Å². The third-order valence-corrected chi connectivity index (χ3v) is 4.49. The molecule has 4 nitrogen and oxygen atoms in total. The maximum absolute atomic E-state index is 11.9. The molecule has 0 saturated carbocycles. The van der Waals surface area contributed by atoms with Crippen molar-refractivity contribution in [3.63, 3.8) is 0 Å². The van der Waals surface area contributed by atoms with Gasteiger partial charge >= 0.3 is 5.97 Å². The van der Waals surface area contributed by atoms with Gasteiger partial charge in [-0.2, -0.15) is 0 Å². The lowest BCUT2D eigenvalue weighted by molar-refractivity contribution is -0.116. The molecule has 2 heterocycles. The van der Waals surface area contributed by atoms with Gasteiger partial charge in [-0.25, -0.2) is 4.79 Å². The number of rotatable bonds is 3. The Morgan fingerprint density at radius 3 is 2.94 bits per heavy atom. The lowest BCUT2D eigenvalue weighted by Gasteiger charge is -2.15. The fourth-order valence-corrected chi connectivity index (χ4v) is 3.58. The van der Waals surface area contributed by atoms with E-state index in [0.29, 0.717) is 30.1 Å². The van der Waals surface area contributed by atoms with Crippen LogP contribution >= 0.6 is 27.3 Å². The average Bonchev–Trinajstić information content (AvgIpc) is 2.82. The minimum absolute atomic E-state index is 0.0456. The van der Waals surface area contributed by atoms with Crippen molar-refractivity contribution < 1.29 is 14.3 Å². The van der Waals surface area contributed by atoms with Crippen molar-refractivity contribution >= 4 is 44.1 Å². The average molecular weight is 332 g/mol. The molecule has 1 unspecified atom stereocenters. The zero-order valence-corrected chi connectivity index (χ0v) is 12.6. The van der Waals surface area contributed by atoms with Gasteiger partial charge in [0.15, 0.2) is 0 Å². The second kappa shape index (κ2) is 5.40. The molecule has 98 valence electrons. The van der Waals surface area contributed by atoms with E-state index in [0.717, 1.165) is 5.56 Å². The number of hydrogen-bond donors (Lipinski definition) is 0. The highest BCUT2D eigenvalue weighted by Gasteiger charge is 2.33. The topological polar surface area (TPSA) is 46.6 Å². The van der Waals surface area contributed by atoms with Gasteiger partial charge in [0.25, 0.3) is 0 Å². The van der Waals surface area contributed by atoms with E-state index in [1.807, 2.05) is 12.3 Å². The number of alkyl halides is 1. The molecule has 0 aromatic carbocycles. The molecule has 6 heteroatoms. The number of esters is 1. The molecule has 18 heavy (non-hydrogen) atoms. The van der Waals surface area contributed by atoms with Gasteiger partial charge in [0.05, 0.1) is 12.2 Å². The fraction of sp³-hybridized carbons (Fsp3) is 0.500. The maximum Gasteiger partial charge on any atom is 0.341 e. The highest BCUT2D eigenvalue weighted by Crippen LogP contribution is 2.35. The van der Waals surface area contributed by atoms with Crippen LogP contribution in [0.1, 0.15) is 29.3 Å². The van der Waals surface area contributed by atoms with E-state index in [2.05, 4.69) is 15.9 Å². The van der Waals surface area contributed by atoms with Crippen molar-refractivity contribution in [3.8, 4) is 0 Å². The van der Waals surface area contributed by atoms with E-state index in [1.165, 1.54) is 11.3 Å². The van der Waals surface area contributed by atoms with E-state index < -0.39 is 0 Å². The zero-order chi connectivity index (χ0) is 13.3. The maximum atomic E-state index is 11.9. The summed E-state index contributed by atoms with van der Waals surface area (Å²) >= 11 is 4.86. The first-order chi connectivity index (χ1) is 8.54. The standard InChI is InChI=1S/C12H14BrNO3S/c1-3-17-12(16)10-7(2)6-18-11(10)14-5-8(13)4-9(14)15/h6,8H,3-5H2,1-2H3. The largest absolute Gasteiger partial charge is 0.462 e. The Hall–Kier alpha value is -0.880. The Balaban J connectivity index is 2.34. The van der Waals surface area contributed by atoms with E-state index in [-0.39, 0.29) is 16.7 Å². The van der Waals surface area contributed by atoms with Gasteiger partial charge in [-0.3, -0.25) is 4.79 Å². The summed E-state index contributed by atoms with van der Waals surface area (Å²) in [6.45, 7) is 4.57. The molecule has 1 atom stereocenters. The predicted molar refractivity (Wildman–Crippen MR) is 74.7 cm³/mol. The molecule has 0 radical (unpaired) electrons. The van der Waals surface area contributed by atoms with Crippen LogP contribution < -0.4 is 4.90 Å². The minimum Gasteiger partial charge on any atom is -0.462 e. The number of amides is 1. The summed E-state index contributed by atoms with van der Waals surface area (Å²) in [5.41, 5.74) is 1.39. The summed E-state index contributed by atoms with van der Waals surface area (Å²) < 4.78 is 5.05. The number of anilines is 1. The van der Waals surface area contributed by atoms with Gasteiger partial charge in [0.1, 0.15) is 5.00 Å². The number of hydrogen-bond acceptors (Lipinski definition) is 4. The molecule has 1 aliphatic rings. The smallest absolute Gasteiger partial charge is 0.341 e. The first kappa shape index (κ1) is 13.5. The summed E-state index contributed by atoms with van der Waals surface area (Å²) in [5.74, 6) is -0.304. The molecule has 1 amide bonds. The molecular weight excluding hydrogens is 318 g/mol. The second-order valence-electron chi connectivity index (χ2n) is 4.13. The van der Waals surface area contributed by atoms with Gasteiger partial charge in [-0.05, 0) is 24.8 Å². The predicted octanol–water partition coefficient (Wildman–Crippen LogP) is 2.73. The highest BCUT2D eigenvalue weighted by atomic mass is 79.9. The lowest BCUT2D eigenvalue weighted by atomic mass is 10.2. The molecule has 1 saturated heterocycles. The van der Waals surface area contributed by atoms with Crippen LogP contribution in [0, 0.1) is 6.92 Å². The quantitative estimate of drug-likeness (QED) is 0.632. The third kappa shape index (κ3) is 2.44. The van der Waals surface area contributed by atoms with E-state index in [1.54, 1.807) is 11.8 Å². The van der Waals surface area contributed by atoms with Crippen LogP contribution in [0.3, 0.4) is 0 Å². The van der Waals surface area contributed by atoms with Crippen molar-refractivity contribution in [2.45, 2.75) is 25.1 Å². The van der Waals surface area contributed by atoms with Crippen LogP contribution in [0.25, 0.3) is 0 Å². The van der Waals surface area contributed by atoms with Crippen molar-refractivity contribution in [1.29, 1.82) is 0 Å². The molecule has 1 aliphatic heterocycles. The van der Waals surface area contributed by atoms with E-state index in [4.69, 9.17) is 4.74 Å². The van der Waals surface area contributed by atoms with Gasteiger partial charge in [-0.15, -0.1) is 11.3 Å². The molecule has 0 aliphatic carbocycles. The number of carbonyl (C=O) groups excluding carboxylic acids is 2. The van der Waals surface area contributed by atoms with E-state index >= 15 is 0 Å². The normalized spacial score (nSPS) is 19.4. The number of halogens is 1. The summed E-state index contributed by atoms with van der Waals surface area (Å²) in [6, 6.07) is 0.